The quantitative estimate of drug-likeness (QED) is 0.438. The van der Waals surface area contributed by atoms with Crippen molar-refractivity contribution < 1.29 is 32.2 Å². The zero-order chi connectivity index (χ0) is 17.7. The van der Waals surface area contributed by atoms with E-state index in [0.717, 1.165) is 22.8 Å². The summed E-state index contributed by atoms with van der Waals surface area (Å²) in [4.78, 5) is 23.8. The molecule has 0 bridgehead atoms. The molecule has 1 aliphatic heterocycles. The molecule has 8 heteroatoms. The Balaban J connectivity index is 2.04. The molecule has 2 heterocycles. The molecule has 1 fully saturated rings. The van der Waals surface area contributed by atoms with Crippen molar-refractivity contribution in [2.24, 2.45) is 0 Å². The van der Waals surface area contributed by atoms with Gasteiger partial charge in [-0.25, -0.2) is 9.59 Å². The van der Waals surface area contributed by atoms with Crippen LogP contribution < -0.4 is 0 Å². The molecule has 0 N–H and O–H groups in total. The number of esters is 2. The second-order valence-electron chi connectivity index (χ2n) is 5.64. The maximum absolute atomic E-state index is 13.0. The summed E-state index contributed by atoms with van der Waals surface area (Å²) in [5.41, 5.74) is -0.842. The highest BCUT2D eigenvalue weighted by Gasteiger charge is 2.39. The van der Waals surface area contributed by atoms with E-state index in [0.29, 0.717) is 4.70 Å². The third-order valence-corrected chi connectivity index (χ3v) is 4.29. The van der Waals surface area contributed by atoms with Crippen LogP contribution in [0.5, 0.6) is 0 Å². The molecule has 0 amide bonds. The van der Waals surface area contributed by atoms with Crippen molar-refractivity contribution in [2.75, 3.05) is 0 Å². The van der Waals surface area contributed by atoms with E-state index in [1.807, 2.05) is 0 Å². The molecule has 0 spiro atoms. The first-order valence-electron chi connectivity index (χ1n) is 6.84. The van der Waals surface area contributed by atoms with Gasteiger partial charge < -0.3 is 9.47 Å². The summed E-state index contributed by atoms with van der Waals surface area (Å²) in [6, 6.07) is 4.30. The molecule has 0 aliphatic carbocycles. The van der Waals surface area contributed by atoms with Gasteiger partial charge in [0.05, 0.1) is 5.56 Å². The molecule has 1 aliphatic rings. The van der Waals surface area contributed by atoms with Crippen molar-refractivity contribution in [3.63, 3.8) is 0 Å². The topological polar surface area (TPSA) is 52.6 Å². The highest BCUT2D eigenvalue weighted by molar-refractivity contribution is 7.17. The van der Waals surface area contributed by atoms with E-state index in [4.69, 9.17) is 9.47 Å². The summed E-state index contributed by atoms with van der Waals surface area (Å²) < 4.78 is 49.3. The third kappa shape index (κ3) is 3.01. The number of cyclic esters (lactones) is 2. The van der Waals surface area contributed by atoms with Gasteiger partial charge in [-0.3, -0.25) is 0 Å². The van der Waals surface area contributed by atoms with Gasteiger partial charge in [0.25, 0.3) is 5.79 Å². The molecule has 126 valence electrons. The Bertz CT molecular complexity index is 855. The van der Waals surface area contributed by atoms with Gasteiger partial charge in [0.1, 0.15) is 5.57 Å². The summed E-state index contributed by atoms with van der Waals surface area (Å²) in [6.45, 7) is 2.82. The number of fused-ring (bicyclic) bond motifs is 1. The number of benzene rings is 1. The molecule has 0 atom stereocenters. The average Bonchev–Trinajstić information content (AvgIpc) is 2.84. The largest absolute Gasteiger partial charge is 0.419 e. The number of carbonyl (C=O) groups excluding carboxylic acids is 2. The molecule has 4 nitrogen and oxygen atoms in total. The van der Waals surface area contributed by atoms with Crippen LogP contribution in [0.1, 0.15) is 25.0 Å². The molecular weight excluding hydrogens is 345 g/mol. The van der Waals surface area contributed by atoms with Crippen molar-refractivity contribution in [3.8, 4) is 0 Å². The minimum absolute atomic E-state index is 0.0136. The fraction of sp³-hybridized carbons (Fsp3) is 0.250. The first-order chi connectivity index (χ1) is 11.1. The van der Waals surface area contributed by atoms with E-state index in [1.165, 1.54) is 32.0 Å². The predicted octanol–water partition coefficient (Wildman–Crippen LogP) is 4.14. The van der Waals surface area contributed by atoms with Crippen LogP contribution in [0, 0.1) is 0 Å². The highest BCUT2D eigenvalue weighted by Crippen LogP contribution is 2.39. The van der Waals surface area contributed by atoms with Crippen LogP contribution in [0.2, 0.25) is 0 Å². The van der Waals surface area contributed by atoms with Crippen LogP contribution in [0.15, 0.2) is 29.2 Å². The minimum Gasteiger partial charge on any atom is -0.419 e. The smallest absolute Gasteiger partial charge is 0.417 e. The first-order valence-corrected chi connectivity index (χ1v) is 7.72. The fourth-order valence-electron chi connectivity index (χ4n) is 2.30. The predicted molar refractivity (Wildman–Crippen MR) is 81.1 cm³/mol. The third-order valence-electron chi connectivity index (χ3n) is 3.33. The van der Waals surface area contributed by atoms with E-state index in [2.05, 4.69) is 0 Å². The molecule has 1 saturated heterocycles. The van der Waals surface area contributed by atoms with Gasteiger partial charge in [-0.15, -0.1) is 11.3 Å². The Labute approximate surface area is 138 Å². The van der Waals surface area contributed by atoms with Crippen LogP contribution in [0.3, 0.4) is 0 Å². The van der Waals surface area contributed by atoms with E-state index < -0.39 is 29.5 Å². The number of rotatable bonds is 1. The molecular formula is C16H11F3O4S. The molecule has 3 rings (SSSR count). The Morgan fingerprint density at radius 1 is 1.12 bits per heavy atom. The van der Waals surface area contributed by atoms with Gasteiger partial charge in [0, 0.05) is 29.3 Å². The second kappa shape index (κ2) is 5.34. The van der Waals surface area contributed by atoms with Crippen LogP contribution in [-0.4, -0.2) is 17.7 Å². The molecule has 0 unspecified atom stereocenters. The number of carbonyl (C=O) groups is 2. The molecule has 0 saturated carbocycles. The number of halogens is 3. The average molecular weight is 356 g/mol. The standard InChI is InChI=1S/C16H11F3O4S/c1-15(2)22-13(20)10(14(21)23-15)6-8-3-4-12-9(5-8)11(7-24-12)16(17,18)19/h3-7H,1-2H3. The van der Waals surface area contributed by atoms with Crippen molar-refractivity contribution in [2.45, 2.75) is 25.8 Å². The zero-order valence-corrected chi connectivity index (χ0v) is 13.4. The fourth-order valence-corrected chi connectivity index (χ4v) is 3.25. The molecule has 2 aromatic rings. The van der Waals surface area contributed by atoms with Crippen molar-refractivity contribution >= 4 is 39.4 Å². The van der Waals surface area contributed by atoms with Crippen molar-refractivity contribution in [1.29, 1.82) is 0 Å². The Morgan fingerprint density at radius 3 is 2.33 bits per heavy atom. The van der Waals surface area contributed by atoms with Crippen LogP contribution >= 0.6 is 11.3 Å². The van der Waals surface area contributed by atoms with Gasteiger partial charge in [0.2, 0.25) is 0 Å². The van der Waals surface area contributed by atoms with Gasteiger partial charge >= 0.3 is 18.1 Å². The molecule has 1 aromatic heterocycles. The number of thiophene rings is 1. The monoisotopic (exact) mass is 356 g/mol. The summed E-state index contributed by atoms with van der Waals surface area (Å²) in [6.07, 6.45) is -3.31. The van der Waals surface area contributed by atoms with Gasteiger partial charge in [0.15, 0.2) is 0 Å². The molecule has 24 heavy (non-hydrogen) atoms. The highest BCUT2D eigenvalue weighted by atomic mass is 32.1. The van der Waals surface area contributed by atoms with E-state index >= 15 is 0 Å². The van der Waals surface area contributed by atoms with Crippen LogP contribution in [-0.2, 0) is 25.2 Å². The lowest BCUT2D eigenvalue weighted by Gasteiger charge is -2.29. The van der Waals surface area contributed by atoms with E-state index in [-0.39, 0.29) is 16.5 Å². The zero-order valence-electron chi connectivity index (χ0n) is 12.6. The van der Waals surface area contributed by atoms with Crippen molar-refractivity contribution in [3.05, 3.63) is 40.3 Å². The van der Waals surface area contributed by atoms with Crippen molar-refractivity contribution in [1.82, 2.24) is 0 Å². The summed E-state index contributed by atoms with van der Waals surface area (Å²) in [7, 11) is 0. The van der Waals surface area contributed by atoms with E-state index in [9.17, 15) is 22.8 Å². The summed E-state index contributed by atoms with van der Waals surface area (Å²) >= 11 is 0.972. The van der Waals surface area contributed by atoms with Gasteiger partial charge in [-0.1, -0.05) is 6.07 Å². The molecule has 1 aromatic carbocycles. The van der Waals surface area contributed by atoms with Gasteiger partial charge in [-0.2, -0.15) is 13.2 Å². The number of hydrogen-bond donors (Lipinski definition) is 0. The lowest BCUT2D eigenvalue weighted by molar-refractivity contribution is -0.222. The number of hydrogen-bond acceptors (Lipinski definition) is 5. The van der Waals surface area contributed by atoms with Crippen LogP contribution in [0.4, 0.5) is 13.2 Å². The Morgan fingerprint density at radius 2 is 1.75 bits per heavy atom. The number of alkyl halides is 3. The van der Waals surface area contributed by atoms with Crippen LogP contribution in [0.25, 0.3) is 16.2 Å². The Kier molecular flexibility index (Phi) is 3.67. The summed E-state index contributed by atoms with van der Waals surface area (Å²) in [5, 5.41) is 1.05. The summed E-state index contributed by atoms with van der Waals surface area (Å²) in [5.74, 6) is -3.12. The lowest BCUT2D eigenvalue weighted by atomic mass is 10.1. The van der Waals surface area contributed by atoms with Gasteiger partial charge in [-0.05, 0) is 23.8 Å². The van der Waals surface area contributed by atoms with E-state index in [1.54, 1.807) is 0 Å². The Hall–Kier alpha value is -2.35. The SMILES string of the molecule is CC1(C)OC(=O)C(=Cc2ccc3scc(C(F)(F)F)c3c2)C(=O)O1. The maximum atomic E-state index is 13.0. The number of ether oxygens (including phenoxy) is 2. The normalized spacial score (nSPS) is 17.6. The first kappa shape index (κ1) is 16.5. The second-order valence-corrected chi connectivity index (χ2v) is 6.55. The lowest BCUT2D eigenvalue weighted by Crippen LogP contribution is -2.41. The maximum Gasteiger partial charge on any atom is 0.417 e. The minimum atomic E-state index is -4.48. The molecule has 0 radical (unpaired) electrons.